The number of carbonyl (C=O) groups is 4. The normalized spacial score (nSPS) is 26.6. The summed E-state index contributed by atoms with van der Waals surface area (Å²) in [4.78, 5) is 61.9. The van der Waals surface area contributed by atoms with Crippen molar-refractivity contribution in [1.29, 1.82) is 0 Å². The van der Waals surface area contributed by atoms with E-state index in [4.69, 9.17) is 14.5 Å². The number of hydrogen-bond donors (Lipinski definition) is 4. The maximum Gasteiger partial charge on any atom is 0.411 e. The molecule has 16 heteroatoms. The second kappa shape index (κ2) is 16.0. The third-order valence-electron chi connectivity index (χ3n) is 11.6. The molecule has 306 valence electrons. The van der Waals surface area contributed by atoms with Crippen LogP contribution in [0.1, 0.15) is 91.5 Å². The number of aromatic nitrogens is 2. The topological polar surface area (TPSA) is 190 Å². The number of amides is 4. The standard InChI is InChI=1S/C41H53N7O8S/c1-5-55-39(52)43-30-19-14-20-32-34(30)44-38(48(32)26(2)3)56-29-23-33-35(49)45-41(37(51)46-57(53,54)40(4)21-22-40)24-27(41)15-10-7-6-8-13-18-31(36(50)47(33)25-29)42-28-16-11-9-12-17-28/h9-12,14-17,19-20,26-27,29,31,33,42H,5-8,13,18,21-25H2,1-4H3,(H,43,52)(H,45,49)(H,46,51)/b15-10-/t27-,29-,31+,33+,41-/m1/s1. The first-order valence-corrected chi connectivity index (χ1v) is 21.5. The van der Waals surface area contributed by atoms with E-state index < -0.39 is 62.3 Å². The summed E-state index contributed by atoms with van der Waals surface area (Å²) in [7, 11) is -3.98. The van der Waals surface area contributed by atoms with Crippen LogP contribution in [0, 0.1) is 5.92 Å². The van der Waals surface area contributed by atoms with Gasteiger partial charge in [-0.25, -0.2) is 13.2 Å². The number of nitrogens with zero attached hydrogens (tertiary/aromatic N) is 3. The van der Waals surface area contributed by atoms with Gasteiger partial charge < -0.3 is 25.0 Å². The first-order valence-electron chi connectivity index (χ1n) is 20.0. The molecule has 3 fully saturated rings. The van der Waals surface area contributed by atoms with Gasteiger partial charge in [-0.1, -0.05) is 49.3 Å². The van der Waals surface area contributed by atoms with Crippen LogP contribution >= 0.6 is 0 Å². The third-order valence-corrected chi connectivity index (χ3v) is 13.7. The molecule has 7 rings (SSSR count). The van der Waals surface area contributed by atoms with E-state index >= 15 is 0 Å². The number of benzene rings is 2. The quantitative estimate of drug-likeness (QED) is 0.193. The summed E-state index contributed by atoms with van der Waals surface area (Å²) < 4.78 is 41.3. The number of ether oxygens (including phenoxy) is 2. The van der Waals surface area contributed by atoms with Gasteiger partial charge in [0, 0.05) is 24.1 Å². The third kappa shape index (κ3) is 8.32. The molecule has 0 radical (unpaired) electrons. The fraction of sp³-hybridized carbons (Fsp3) is 0.537. The molecule has 1 aromatic heterocycles. The number of hydrogen-bond acceptors (Lipinski definition) is 10. The van der Waals surface area contributed by atoms with Gasteiger partial charge in [0.2, 0.25) is 21.8 Å². The van der Waals surface area contributed by atoms with Crippen molar-refractivity contribution >= 4 is 56.2 Å². The molecule has 5 atom stereocenters. The number of fused-ring (bicyclic) bond motifs is 3. The maximum absolute atomic E-state index is 14.7. The molecule has 15 nitrogen and oxygen atoms in total. The Hall–Kier alpha value is -5.12. The molecule has 0 unspecified atom stereocenters. The van der Waals surface area contributed by atoms with Gasteiger partial charge in [-0.2, -0.15) is 4.98 Å². The van der Waals surface area contributed by atoms with Gasteiger partial charge in [0.05, 0.1) is 29.1 Å². The van der Waals surface area contributed by atoms with Crippen LogP contribution in [0.3, 0.4) is 0 Å². The molecule has 2 saturated carbocycles. The minimum Gasteiger partial charge on any atom is -0.459 e. The van der Waals surface area contributed by atoms with Crippen molar-refractivity contribution in [3.05, 3.63) is 60.7 Å². The van der Waals surface area contributed by atoms with Crippen LogP contribution < -0.4 is 25.4 Å². The van der Waals surface area contributed by atoms with Crippen molar-refractivity contribution in [3.8, 4) is 6.01 Å². The monoisotopic (exact) mass is 803 g/mol. The fourth-order valence-corrected chi connectivity index (χ4v) is 9.20. The molecule has 2 aliphatic carbocycles. The van der Waals surface area contributed by atoms with Gasteiger partial charge in [0.15, 0.2) is 0 Å². The van der Waals surface area contributed by atoms with Gasteiger partial charge in [0.1, 0.15) is 29.2 Å². The van der Waals surface area contributed by atoms with Gasteiger partial charge in [-0.15, -0.1) is 0 Å². The highest BCUT2D eigenvalue weighted by Crippen LogP contribution is 2.47. The highest BCUT2D eigenvalue weighted by atomic mass is 32.2. The lowest BCUT2D eigenvalue weighted by Gasteiger charge is -2.30. The molecule has 0 spiro atoms. The number of sulfonamides is 1. The van der Waals surface area contributed by atoms with Gasteiger partial charge in [0.25, 0.3) is 11.9 Å². The molecule has 4 amide bonds. The summed E-state index contributed by atoms with van der Waals surface area (Å²) in [5.41, 5.74) is 0.908. The Kier molecular flexibility index (Phi) is 11.3. The van der Waals surface area contributed by atoms with Crippen molar-refractivity contribution < 1.29 is 37.1 Å². The summed E-state index contributed by atoms with van der Waals surface area (Å²) in [6, 6.07) is 13.3. The number of anilines is 2. The molecular formula is C41H53N7O8S. The van der Waals surface area contributed by atoms with E-state index in [-0.39, 0.29) is 44.0 Å². The summed E-state index contributed by atoms with van der Waals surface area (Å²) in [5, 5.41) is 9.11. The zero-order valence-electron chi connectivity index (χ0n) is 33.0. The van der Waals surface area contributed by atoms with E-state index in [0.29, 0.717) is 36.0 Å². The lowest BCUT2D eigenvalue weighted by molar-refractivity contribution is -0.140. The van der Waals surface area contributed by atoms with Crippen molar-refractivity contribution in [2.24, 2.45) is 5.92 Å². The van der Waals surface area contributed by atoms with E-state index in [0.717, 1.165) is 31.4 Å². The number of carbonyl (C=O) groups excluding carboxylic acids is 4. The number of rotatable bonds is 10. The second-order valence-corrected chi connectivity index (χ2v) is 18.3. The average molecular weight is 804 g/mol. The highest BCUT2D eigenvalue weighted by molar-refractivity contribution is 7.91. The van der Waals surface area contributed by atoms with Crippen LogP contribution in [0.5, 0.6) is 6.01 Å². The van der Waals surface area contributed by atoms with E-state index in [2.05, 4.69) is 20.7 Å². The number of allylic oxidation sites excluding steroid dienone is 1. The van der Waals surface area contributed by atoms with Crippen molar-refractivity contribution in [2.45, 2.75) is 120 Å². The zero-order chi connectivity index (χ0) is 40.5. The number of para-hydroxylation sites is 2. The van der Waals surface area contributed by atoms with E-state index in [1.165, 1.54) is 4.90 Å². The largest absolute Gasteiger partial charge is 0.459 e. The zero-order valence-corrected chi connectivity index (χ0v) is 33.8. The Morgan fingerprint density at radius 1 is 1.05 bits per heavy atom. The fourth-order valence-electron chi connectivity index (χ4n) is 7.89. The van der Waals surface area contributed by atoms with E-state index in [9.17, 15) is 27.6 Å². The molecular weight excluding hydrogens is 751 g/mol. The van der Waals surface area contributed by atoms with E-state index in [1.54, 1.807) is 26.0 Å². The maximum atomic E-state index is 14.7. The summed E-state index contributed by atoms with van der Waals surface area (Å²) in [6.07, 6.45) is 7.57. The molecule has 3 heterocycles. The summed E-state index contributed by atoms with van der Waals surface area (Å²) in [6.45, 7) is 7.52. The molecule has 2 aromatic carbocycles. The van der Waals surface area contributed by atoms with Crippen LogP contribution in [0.15, 0.2) is 60.7 Å². The minimum absolute atomic E-state index is 0.0500. The first kappa shape index (κ1) is 40.1. The summed E-state index contributed by atoms with van der Waals surface area (Å²) >= 11 is 0. The number of imidazole rings is 1. The van der Waals surface area contributed by atoms with Crippen molar-refractivity contribution in [2.75, 3.05) is 23.8 Å². The van der Waals surface area contributed by atoms with Crippen LogP contribution in [-0.4, -0.2) is 88.3 Å². The molecule has 2 aliphatic heterocycles. The predicted molar refractivity (Wildman–Crippen MR) is 215 cm³/mol. The van der Waals surface area contributed by atoms with Gasteiger partial charge in [-0.05, 0) is 90.5 Å². The van der Waals surface area contributed by atoms with E-state index in [1.807, 2.05) is 67.0 Å². The Morgan fingerprint density at radius 2 is 1.82 bits per heavy atom. The number of nitrogens with one attached hydrogen (secondary N) is 4. The Labute approximate surface area is 333 Å². The van der Waals surface area contributed by atoms with Gasteiger partial charge in [-0.3, -0.25) is 29.0 Å². The first-order chi connectivity index (χ1) is 27.2. The highest BCUT2D eigenvalue weighted by Gasteiger charge is 2.63. The molecule has 4 N–H and O–H groups in total. The Balaban J connectivity index is 1.21. The predicted octanol–water partition coefficient (Wildman–Crippen LogP) is 5.41. The van der Waals surface area contributed by atoms with Crippen molar-refractivity contribution in [1.82, 2.24) is 24.5 Å². The molecule has 1 saturated heterocycles. The van der Waals surface area contributed by atoms with Crippen LogP contribution in [-0.2, 0) is 29.1 Å². The smallest absolute Gasteiger partial charge is 0.411 e. The summed E-state index contributed by atoms with van der Waals surface area (Å²) in [5.74, 6) is -2.04. The molecule has 57 heavy (non-hydrogen) atoms. The molecule has 0 bridgehead atoms. The van der Waals surface area contributed by atoms with Crippen molar-refractivity contribution in [3.63, 3.8) is 0 Å². The molecule has 3 aromatic rings. The Morgan fingerprint density at radius 3 is 2.54 bits per heavy atom. The van der Waals surface area contributed by atoms with Gasteiger partial charge >= 0.3 is 6.09 Å². The lowest BCUT2D eigenvalue weighted by atomic mass is 10.0. The van der Waals surface area contributed by atoms with Crippen LogP contribution in [0.4, 0.5) is 16.2 Å². The lowest BCUT2D eigenvalue weighted by Crippen LogP contribution is -2.58. The van der Waals surface area contributed by atoms with Crippen LogP contribution in [0.25, 0.3) is 11.0 Å². The molecule has 4 aliphatic rings. The van der Waals surface area contributed by atoms with Crippen LogP contribution in [0.2, 0.25) is 0 Å². The Bertz CT molecular complexity index is 2150. The SMILES string of the molecule is CCOC(=O)Nc1cccc2c1nc(O[C@@H]1C[C@H]3C(=O)N[C@]4(C(=O)NS(=O)(=O)C5(C)CC5)C[C@H]4/C=C\CCCCC[C@H](Nc4ccccc4)C(=O)N3C1)n2C(C)C. The second-order valence-electron chi connectivity index (χ2n) is 16.1. The average Bonchev–Trinajstić information content (AvgIpc) is 3.99. The minimum atomic E-state index is -3.98.